The van der Waals surface area contributed by atoms with E-state index >= 15 is 0 Å². The Kier molecular flexibility index (Phi) is 3.86. The van der Waals surface area contributed by atoms with Crippen LogP contribution in [0.5, 0.6) is 5.88 Å². The summed E-state index contributed by atoms with van der Waals surface area (Å²) in [5.41, 5.74) is 5.86. The van der Waals surface area contributed by atoms with Gasteiger partial charge in [0.05, 0.1) is 7.11 Å². The van der Waals surface area contributed by atoms with Crippen LogP contribution in [0, 0.1) is 5.41 Å². The monoisotopic (exact) mass is 252 g/mol. The fraction of sp³-hybridized carbons (Fsp3) is 0.667. The van der Waals surface area contributed by atoms with Crippen molar-refractivity contribution in [1.29, 1.82) is 0 Å². The molecule has 0 spiro atoms. The molecule has 6 heteroatoms. The maximum absolute atomic E-state index is 5.61. The van der Waals surface area contributed by atoms with E-state index in [4.69, 9.17) is 15.2 Å². The van der Waals surface area contributed by atoms with Crippen LogP contribution in [0.1, 0.15) is 19.8 Å². The van der Waals surface area contributed by atoms with Crippen LogP contribution in [-0.2, 0) is 4.74 Å². The zero-order chi connectivity index (χ0) is 13.0. The number of hydrogen-bond donors (Lipinski definition) is 2. The van der Waals surface area contributed by atoms with Gasteiger partial charge in [-0.05, 0) is 18.3 Å². The van der Waals surface area contributed by atoms with Crippen LogP contribution in [0.25, 0.3) is 0 Å². The topological polar surface area (TPSA) is 82.3 Å². The molecule has 6 nitrogen and oxygen atoms in total. The lowest BCUT2D eigenvalue weighted by atomic mass is 9.82. The molecule has 3 N–H and O–H groups in total. The molecule has 18 heavy (non-hydrogen) atoms. The summed E-state index contributed by atoms with van der Waals surface area (Å²) in [6, 6.07) is 1.75. The van der Waals surface area contributed by atoms with Crippen molar-refractivity contribution >= 4 is 11.8 Å². The normalized spacial score (nSPS) is 18.3. The Morgan fingerprint density at radius 2 is 2.17 bits per heavy atom. The summed E-state index contributed by atoms with van der Waals surface area (Å²) in [7, 11) is 1.56. The maximum atomic E-state index is 5.61. The van der Waals surface area contributed by atoms with Crippen molar-refractivity contribution in [3.8, 4) is 5.88 Å². The molecule has 0 aromatic carbocycles. The Hall–Kier alpha value is -1.56. The molecular formula is C12H20N4O2. The molecule has 0 bridgehead atoms. The van der Waals surface area contributed by atoms with Gasteiger partial charge >= 0.3 is 0 Å². The highest BCUT2D eigenvalue weighted by Crippen LogP contribution is 2.30. The number of nitrogens with one attached hydrogen (secondary N) is 1. The predicted octanol–water partition coefficient (Wildman–Crippen LogP) is 1.30. The number of aromatic nitrogens is 2. The summed E-state index contributed by atoms with van der Waals surface area (Å²) >= 11 is 0. The second-order valence-electron chi connectivity index (χ2n) is 4.93. The number of hydrogen-bond acceptors (Lipinski definition) is 6. The Labute approximate surface area is 107 Å². The largest absolute Gasteiger partial charge is 0.481 e. The van der Waals surface area contributed by atoms with Gasteiger partial charge in [0.1, 0.15) is 5.82 Å². The van der Waals surface area contributed by atoms with E-state index in [2.05, 4.69) is 22.2 Å². The average Bonchev–Trinajstić information content (AvgIpc) is 2.37. The first-order valence-electron chi connectivity index (χ1n) is 6.11. The minimum absolute atomic E-state index is 0.217. The third-order valence-corrected chi connectivity index (χ3v) is 3.33. The van der Waals surface area contributed by atoms with Crippen LogP contribution in [0.15, 0.2) is 6.07 Å². The third-order valence-electron chi connectivity index (χ3n) is 3.33. The van der Waals surface area contributed by atoms with Crippen molar-refractivity contribution < 1.29 is 9.47 Å². The average molecular weight is 252 g/mol. The highest BCUT2D eigenvalue weighted by molar-refractivity contribution is 5.42. The maximum Gasteiger partial charge on any atom is 0.225 e. The first-order valence-corrected chi connectivity index (χ1v) is 6.11. The molecule has 0 radical (unpaired) electrons. The molecule has 1 aromatic heterocycles. The van der Waals surface area contributed by atoms with Crippen LogP contribution in [0.3, 0.4) is 0 Å². The fourth-order valence-electron chi connectivity index (χ4n) is 1.98. The molecule has 1 aromatic rings. The van der Waals surface area contributed by atoms with E-state index in [0.717, 1.165) is 32.6 Å². The van der Waals surface area contributed by atoms with Crippen molar-refractivity contribution in [2.75, 3.05) is 37.9 Å². The van der Waals surface area contributed by atoms with Gasteiger partial charge in [-0.25, -0.2) is 0 Å². The van der Waals surface area contributed by atoms with E-state index in [9.17, 15) is 0 Å². The van der Waals surface area contributed by atoms with E-state index in [-0.39, 0.29) is 11.4 Å². The number of methoxy groups -OCH3 is 1. The number of ether oxygens (including phenoxy) is 2. The van der Waals surface area contributed by atoms with E-state index in [1.165, 1.54) is 0 Å². The molecule has 1 aliphatic heterocycles. The van der Waals surface area contributed by atoms with Crippen LogP contribution in [-0.4, -0.2) is 36.8 Å². The number of anilines is 2. The van der Waals surface area contributed by atoms with Gasteiger partial charge in [0.25, 0.3) is 0 Å². The van der Waals surface area contributed by atoms with Gasteiger partial charge in [-0.1, -0.05) is 6.92 Å². The second-order valence-corrected chi connectivity index (χ2v) is 4.93. The number of nitrogens with two attached hydrogens (primary N) is 1. The van der Waals surface area contributed by atoms with Crippen LogP contribution >= 0.6 is 0 Å². The molecule has 1 saturated heterocycles. The SMILES string of the molecule is COc1cc(NCC2(C)CCOCC2)nc(N)n1. The van der Waals surface area contributed by atoms with Crippen molar-refractivity contribution in [2.45, 2.75) is 19.8 Å². The summed E-state index contributed by atoms with van der Waals surface area (Å²) in [5, 5.41) is 3.30. The quantitative estimate of drug-likeness (QED) is 0.840. The second kappa shape index (κ2) is 5.39. The zero-order valence-corrected chi connectivity index (χ0v) is 10.9. The molecule has 0 amide bonds. The summed E-state index contributed by atoms with van der Waals surface area (Å²) in [6.45, 7) is 4.75. The van der Waals surface area contributed by atoms with Gasteiger partial charge in [-0.2, -0.15) is 9.97 Å². The lowest BCUT2D eigenvalue weighted by Gasteiger charge is -2.33. The standard InChI is InChI=1S/C12H20N4O2/c1-12(3-5-18-6-4-12)8-14-9-7-10(17-2)16-11(13)15-9/h7H,3-6,8H2,1-2H3,(H3,13,14,15,16). The van der Waals surface area contributed by atoms with E-state index in [0.29, 0.717) is 11.7 Å². The van der Waals surface area contributed by atoms with Gasteiger partial charge < -0.3 is 20.5 Å². The Morgan fingerprint density at radius 3 is 2.83 bits per heavy atom. The van der Waals surface area contributed by atoms with Gasteiger partial charge in [0.2, 0.25) is 11.8 Å². The predicted molar refractivity (Wildman–Crippen MR) is 69.6 cm³/mol. The molecule has 2 heterocycles. The lowest BCUT2D eigenvalue weighted by molar-refractivity contribution is 0.0299. The third kappa shape index (κ3) is 3.22. The van der Waals surface area contributed by atoms with E-state index < -0.39 is 0 Å². The zero-order valence-electron chi connectivity index (χ0n) is 10.9. The molecule has 0 aliphatic carbocycles. The summed E-state index contributed by atoms with van der Waals surface area (Å²) in [5.74, 6) is 1.39. The molecule has 0 atom stereocenters. The summed E-state index contributed by atoms with van der Waals surface area (Å²) < 4.78 is 10.4. The van der Waals surface area contributed by atoms with Crippen molar-refractivity contribution in [3.05, 3.63) is 6.07 Å². The van der Waals surface area contributed by atoms with E-state index in [1.807, 2.05) is 0 Å². The van der Waals surface area contributed by atoms with Crippen LogP contribution < -0.4 is 15.8 Å². The Morgan fingerprint density at radius 1 is 1.44 bits per heavy atom. The van der Waals surface area contributed by atoms with Crippen LogP contribution in [0.4, 0.5) is 11.8 Å². The van der Waals surface area contributed by atoms with Crippen LogP contribution in [0.2, 0.25) is 0 Å². The smallest absolute Gasteiger partial charge is 0.225 e. The van der Waals surface area contributed by atoms with Gasteiger partial charge in [0.15, 0.2) is 0 Å². The highest BCUT2D eigenvalue weighted by atomic mass is 16.5. The molecule has 0 unspecified atom stereocenters. The first-order chi connectivity index (χ1) is 8.61. The molecule has 0 saturated carbocycles. The number of rotatable bonds is 4. The van der Waals surface area contributed by atoms with Crippen molar-refractivity contribution in [2.24, 2.45) is 5.41 Å². The molecule has 100 valence electrons. The lowest BCUT2D eigenvalue weighted by Crippen LogP contribution is -2.33. The fourth-order valence-corrected chi connectivity index (χ4v) is 1.98. The number of nitrogen functional groups attached to an aromatic ring is 1. The first kappa shape index (κ1) is 12.9. The highest BCUT2D eigenvalue weighted by Gasteiger charge is 2.27. The van der Waals surface area contributed by atoms with Gasteiger partial charge in [-0.15, -0.1) is 0 Å². The Balaban J connectivity index is 1.98. The number of nitrogens with zero attached hydrogens (tertiary/aromatic N) is 2. The summed E-state index contributed by atoms with van der Waals surface area (Å²) in [4.78, 5) is 8.09. The van der Waals surface area contributed by atoms with Gasteiger partial charge in [0, 0.05) is 25.8 Å². The van der Waals surface area contributed by atoms with Crippen molar-refractivity contribution in [1.82, 2.24) is 9.97 Å². The minimum Gasteiger partial charge on any atom is -0.481 e. The molecule has 1 aliphatic rings. The van der Waals surface area contributed by atoms with Crippen molar-refractivity contribution in [3.63, 3.8) is 0 Å². The summed E-state index contributed by atoms with van der Waals surface area (Å²) in [6.07, 6.45) is 2.11. The molecule has 2 rings (SSSR count). The van der Waals surface area contributed by atoms with Gasteiger partial charge in [-0.3, -0.25) is 0 Å². The minimum atomic E-state index is 0.217. The molecule has 1 fully saturated rings. The Bertz CT molecular complexity index is 405. The molecular weight excluding hydrogens is 232 g/mol. The van der Waals surface area contributed by atoms with E-state index in [1.54, 1.807) is 13.2 Å².